The lowest BCUT2D eigenvalue weighted by Crippen LogP contribution is -2.47. The van der Waals surface area contributed by atoms with Crippen molar-refractivity contribution < 1.29 is 4.74 Å². The van der Waals surface area contributed by atoms with Crippen LogP contribution in [0, 0.1) is 0 Å². The Hall–Kier alpha value is -2.68. The first-order valence-electron chi connectivity index (χ1n) is 11.3. The Balaban J connectivity index is 0.00000162. The summed E-state index contributed by atoms with van der Waals surface area (Å²) in [6, 6.07) is 10.2. The zero-order valence-electron chi connectivity index (χ0n) is 19.3. The van der Waals surface area contributed by atoms with Crippen LogP contribution in [0.5, 0.6) is 5.75 Å². The molecular weight excluding hydrogens is 473 g/mol. The topological polar surface area (TPSA) is 70.5 Å². The van der Waals surface area contributed by atoms with Crippen molar-refractivity contribution in [1.29, 1.82) is 0 Å². The van der Waals surface area contributed by atoms with Crippen molar-refractivity contribution in [3.8, 4) is 5.75 Å². The summed E-state index contributed by atoms with van der Waals surface area (Å²) in [5.74, 6) is 2.62. The number of fused-ring (bicyclic) bond motifs is 1. The Morgan fingerprint density at radius 3 is 2.29 bits per heavy atom. The van der Waals surface area contributed by atoms with Crippen LogP contribution in [0.4, 0.5) is 11.9 Å². The highest BCUT2D eigenvalue weighted by atomic mass is 35.5. The smallest absolute Gasteiger partial charge is 0.225 e. The number of hydrogen-bond acceptors (Lipinski definition) is 8. The van der Waals surface area contributed by atoms with E-state index < -0.39 is 0 Å². The van der Waals surface area contributed by atoms with Gasteiger partial charge in [0.05, 0.1) is 12.3 Å². The van der Waals surface area contributed by atoms with Crippen LogP contribution in [-0.2, 0) is 19.5 Å². The number of halogens is 2. The zero-order valence-corrected chi connectivity index (χ0v) is 21.0. The minimum atomic E-state index is 0. The molecule has 2 aromatic heterocycles. The monoisotopic (exact) mass is 503 g/mol. The lowest BCUT2D eigenvalue weighted by molar-refractivity contribution is 0.237. The van der Waals surface area contributed by atoms with Gasteiger partial charge in [-0.3, -0.25) is 4.90 Å². The number of anilines is 2. The number of hydrogen-bond donors (Lipinski definition) is 0. The van der Waals surface area contributed by atoms with Crippen LogP contribution in [0.15, 0.2) is 48.9 Å². The highest BCUT2D eigenvalue weighted by molar-refractivity contribution is 5.85. The van der Waals surface area contributed by atoms with E-state index in [4.69, 9.17) is 14.7 Å². The van der Waals surface area contributed by atoms with Crippen molar-refractivity contribution in [2.45, 2.75) is 26.4 Å². The lowest BCUT2D eigenvalue weighted by atomic mass is 10.1. The van der Waals surface area contributed by atoms with E-state index in [1.165, 1.54) is 16.8 Å². The minimum Gasteiger partial charge on any atom is -0.494 e. The van der Waals surface area contributed by atoms with Crippen LogP contribution >= 0.6 is 24.8 Å². The molecule has 5 rings (SSSR count). The van der Waals surface area contributed by atoms with Crippen LogP contribution in [0.3, 0.4) is 0 Å². The molecule has 0 atom stereocenters. The van der Waals surface area contributed by atoms with E-state index >= 15 is 0 Å². The Labute approximate surface area is 213 Å². The van der Waals surface area contributed by atoms with Crippen molar-refractivity contribution in [2.75, 3.05) is 49.1 Å². The second-order valence-corrected chi connectivity index (χ2v) is 8.17. The van der Waals surface area contributed by atoms with Gasteiger partial charge in [0.25, 0.3) is 0 Å². The molecule has 4 heterocycles. The lowest BCUT2D eigenvalue weighted by Gasteiger charge is -2.35. The second kappa shape index (κ2) is 12.1. The molecular formula is C24H31Cl2N7O. The fourth-order valence-electron chi connectivity index (χ4n) is 4.38. The maximum atomic E-state index is 5.80. The van der Waals surface area contributed by atoms with Crippen LogP contribution < -0.4 is 14.5 Å². The van der Waals surface area contributed by atoms with Crippen molar-refractivity contribution in [3.05, 3.63) is 65.7 Å². The molecule has 1 aromatic carbocycles. The van der Waals surface area contributed by atoms with Gasteiger partial charge < -0.3 is 14.5 Å². The number of ether oxygens (including phenoxy) is 1. The fraction of sp³-hybridized carbons (Fsp3) is 0.417. The summed E-state index contributed by atoms with van der Waals surface area (Å²) in [7, 11) is 0. The number of para-hydroxylation sites is 1. The third-order valence-electron chi connectivity index (χ3n) is 6.06. The molecule has 0 bridgehead atoms. The third-order valence-corrected chi connectivity index (χ3v) is 6.06. The summed E-state index contributed by atoms with van der Waals surface area (Å²) in [6.45, 7) is 8.93. The van der Waals surface area contributed by atoms with Gasteiger partial charge in [-0.1, -0.05) is 18.2 Å². The van der Waals surface area contributed by atoms with E-state index in [1.807, 2.05) is 25.3 Å². The highest BCUT2D eigenvalue weighted by Gasteiger charge is 2.24. The van der Waals surface area contributed by atoms with Gasteiger partial charge in [-0.2, -0.15) is 0 Å². The standard InChI is InChI=1S/C24H29N7O.2ClH/c1-2-32-22-7-4-3-6-19(22)17-29-11-8-21-20(18-29)16-27-24(28-21)31-14-12-30(13-15-31)23-25-9-5-10-26-23;;/h3-7,9-10,16H,2,8,11-15,17-18H2,1H3;2*1H. The molecule has 1 saturated heterocycles. The highest BCUT2D eigenvalue weighted by Crippen LogP contribution is 2.25. The van der Waals surface area contributed by atoms with E-state index in [1.54, 1.807) is 12.4 Å². The van der Waals surface area contributed by atoms with Gasteiger partial charge in [0.2, 0.25) is 11.9 Å². The van der Waals surface area contributed by atoms with Crippen LogP contribution in [0.25, 0.3) is 0 Å². The number of piperazine rings is 1. The van der Waals surface area contributed by atoms with Crippen molar-refractivity contribution in [3.63, 3.8) is 0 Å². The van der Waals surface area contributed by atoms with Crippen molar-refractivity contribution >= 4 is 36.7 Å². The maximum absolute atomic E-state index is 5.80. The van der Waals surface area contributed by atoms with E-state index in [0.29, 0.717) is 6.61 Å². The van der Waals surface area contributed by atoms with Crippen LogP contribution in [0.1, 0.15) is 23.7 Å². The molecule has 2 aliphatic heterocycles. The van der Waals surface area contributed by atoms with Crippen LogP contribution in [-0.4, -0.2) is 64.2 Å². The Kier molecular flexibility index (Phi) is 9.27. The SMILES string of the molecule is CCOc1ccccc1CN1CCc2nc(N3CCN(c4ncccn4)CC3)ncc2C1.Cl.Cl. The van der Waals surface area contributed by atoms with Crippen molar-refractivity contribution in [2.24, 2.45) is 0 Å². The molecule has 0 saturated carbocycles. The Bertz CT molecular complexity index is 1050. The number of rotatable bonds is 6. The molecule has 182 valence electrons. The molecule has 0 aliphatic carbocycles. The quantitative estimate of drug-likeness (QED) is 0.506. The summed E-state index contributed by atoms with van der Waals surface area (Å²) in [5, 5.41) is 0. The van der Waals surface area contributed by atoms with Crippen molar-refractivity contribution in [1.82, 2.24) is 24.8 Å². The summed E-state index contributed by atoms with van der Waals surface area (Å²) < 4.78 is 5.80. The van der Waals surface area contributed by atoms with Gasteiger partial charge in [-0.05, 0) is 19.1 Å². The summed E-state index contributed by atoms with van der Waals surface area (Å²) in [4.78, 5) is 25.3. The van der Waals surface area contributed by atoms with Gasteiger partial charge in [0.15, 0.2) is 0 Å². The first-order chi connectivity index (χ1) is 15.8. The normalized spacial score (nSPS) is 15.7. The molecule has 0 radical (unpaired) electrons. The number of nitrogens with zero attached hydrogens (tertiary/aromatic N) is 7. The van der Waals surface area contributed by atoms with Crippen LogP contribution in [0.2, 0.25) is 0 Å². The second-order valence-electron chi connectivity index (χ2n) is 8.17. The Morgan fingerprint density at radius 2 is 1.56 bits per heavy atom. The number of benzene rings is 1. The average molecular weight is 504 g/mol. The molecule has 1 fully saturated rings. The van der Waals surface area contributed by atoms with Gasteiger partial charge in [0, 0.05) is 82.0 Å². The first kappa shape index (κ1) is 25.9. The third kappa shape index (κ3) is 5.87. The summed E-state index contributed by atoms with van der Waals surface area (Å²) in [5.41, 5.74) is 3.64. The molecule has 10 heteroatoms. The predicted octanol–water partition coefficient (Wildman–Crippen LogP) is 3.39. The molecule has 2 aliphatic rings. The molecule has 0 amide bonds. The fourth-order valence-corrected chi connectivity index (χ4v) is 4.38. The average Bonchev–Trinajstić information content (AvgIpc) is 2.86. The van der Waals surface area contributed by atoms with Gasteiger partial charge >= 0.3 is 0 Å². The Morgan fingerprint density at radius 1 is 0.853 bits per heavy atom. The minimum absolute atomic E-state index is 0. The van der Waals surface area contributed by atoms with E-state index in [9.17, 15) is 0 Å². The van der Waals surface area contributed by atoms with E-state index in [2.05, 4.69) is 42.9 Å². The molecule has 8 nitrogen and oxygen atoms in total. The van der Waals surface area contributed by atoms with E-state index in [-0.39, 0.29) is 24.8 Å². The summed E-state index contributed by atoms with van der Waals surface area (Å²) >= 11 is 0. The largest absolute Gasteiger partial charge is 0.494 e. The first-order valence-corrected chi connectivity index (χ1v) is 11.3. The number of aromatic nitrogens is 4. The summed E-state index contributed by atoms with van der Waals surface area (Å²) in [6.07, 6.45) is 6.55. The van der Waals surface area contributed by atoms with E-state index in [0.717, 1.165) is 69.9 Å². The molecule has 0 spiro atoms. The maximum Gasteiger partial charge on any atom is 0.225 e. The zero-order chi connectivity index (χ0) is 21.8. The van der Waals surface area contributed by atoms with Gasteiger partial charge in [-0.25, -0.2) is 19.9 Å². The predicted molar refractivity (Wildman–Crippen MR) is 138 cm³/mol. The van der Waals surface area contributed by atoms with Gasteiger partial charge in [0.1, 0.15) is 5.75 Å². The molecule has 34 heavy (non-hydrogen) atoms. The molecule has 3 aromatic rings. The van der Waals surface area contributed by atoms with Gasteiger partial charge in [-0.15, -0.1) is 24.8 Å². The molecule has 0 N–H and O–H groups in total. The molecule has 0 unspecified atom stereocenters.